The molecule has 8 nitrogen and oxygen atoms in total. The number of aryl methyl sites for hydroxylation is 2. The van der Waals surface area contributed by atoms with Crippen molar-refractivity contribution < 1.29 is 24.4 Å². The summed E-state index contributed by atoms with van der Waals surface area (Å²) in [5.41, 5.74) is 1.29. The quantitative estimate of drug-likeness (QED) is 0.257. The molecule has 1 atom stereocenters. The lowest BCUT2D eigenvalue weighted by atomic mass is 9.88. The number of halogens is 1. The molecule has 0 spiro atoms. The van der Waals surface area contributed by atoms with Crippen molar-refractivity contribution in [3.8, 4) is 5.75 Å². The standard InChI is InChI=1S/C26H23BrN2O6/c1-15-4-5-16(2)18(10-15)14-28-21-8-7-19(27)12-20(21)26(32,25(28)31)13-23(30)17-6-9-24(35-3)22(11-17)29(33)34/h4-12,32H,13-14H2,1-3H3/t26-/m1/s1. The molecule has 1 aliphatic heterocycles. The van der Waals surface area contributed by atoms with Gasteiger partial charge in [-0.25, -0.2) is 0 Å². The first-order valence-electron chi connectivity index (χ1n) is 10.8. The molecular weight excluding hydrogens is 516 g/mol. The number of hydrogen-bond acceptors (Lipinski definition) is 6. The number of amides is 1. The molecular formula is C26H23BrN2O6. The van der Waals surface area contributed by atoms with Crippen LogP contribution >= 0.6 is 15.9 Å². The molecule has 1 N–H and O–H groups in total. The zero-order chi connectivity index (χ0) is 25.5. The van der Waals surface area contributed by atoms with Crippen LogP contribution in [0.5, 0.6) is 5.75 Å². The zero-order valence-electron chi connectivity index (χ0n) is 19.4. The maximum atomic E-state index is 13.6. The third kappa shape index (κ3) is 4.44. The first-order chi connectivity index (χ1) is 16.5. The molecule has 180 valence electrons. The first-order valence-corrected chi connectivity index (χ1v) is 11.6. The smallest absolute Gasteiger partial charge is 0.311 e. The van der Waals surface area contributed by atoms with Gasteiger partial charge in [-0.1, -0.05) is 39.7 Å². The van der Waals surface area contributed by atoms with Crippen molar-refractivity contribution in [1.82, 2.24) is 0 Å². The summed E-state index contributed by atoms with van der Waals surface area (Å²) in [4.78, 5) is 39.0. The summed E-state index contributed by atoms with van der Waals surface area (Å²) in [5.74, 6) is -1.22. The average Bonchev–Trinajstić information content (AvgIpc) is 3.02. The normalized spacial score (nSPS) is 16.8. The Bertz CT molecular complexity index is 1370. The van der Waals surface area contributed by atoms with Crippen LogP contribution in [-0.4, -0.2) is 28.8 Å². The number of Topliss-reactive ketones (excluding diaryl/α,β-unsaturated/α-hetero) is 1. The van der Waals surface area contributed by atoms with Crippen molar-refractivity contribution in [2.45, 2.75) is 32.4 Å². The minimum Gasteiger partial charge on any atom is -0.490 e. The van der Waals surface area contributed by atoms with E-state index >= 15 is 0 Å². The third-order valence-electron chi connectivity index (χ3n) is 6.24. The van der Waals surface area contributed by atoms with E-state index < -0.39 is 28.6 Å². The Balaban J connectivity index is 1.72. The highest BCUT2D eigenvalue weighted by atomic mass is 79.9. The monoisotopic (exact) mass is 538 g/mol. The molecule has 1 heterocycles. The number of anilines is 1. The number of nitrogens with zero attached hydrogens (tertiary/aromatic N) is 2. The van der Waals surface area contributed by atoms with Gasteiger partial charge in [0.1, 0.15) is 0 Å². The van der Waals surface area contributed by atoms with Gasteiger partial charge < -0.3 is 14.7 Å². The number of fused-ring (bicyclic) bond motifs is 1. The van der Waals surface area contributed by atoms with Crippen molar-refractivity contribution in [1.29, 1.82) is 0 Å². The van der Waals surface area contributed by atoms with Crippen LogP contribution in [0.2, 0.25) is 0 Å². The Morgan fingerprint density at radius 2 is 1.89 bits per heavy atom. The average molecular weight is 539 g/mol. The van der Waals surface area contributed by atoms with Gasteiger partial charge in [0.05, 0.1) is 30.7 Å². The topological polar surface area (TPSA) is 110 Å². The molecule has 0 aromatic heterocycles. The van der Waals surface area contributed by atoms with E-state index in [9.17, 15) is 24.8 Å². The number of ether oxygens (including phenoxy) is 1. The molecule has 35 heavy (non-hydrogen) atoms. The van der Waals surface area contributed by atoms with Crippen LogP contribution in [0.25, 0.3) is 0 Å². The number of aliphatic hydroxyl groups is 1. The Hall–Kier alpha value is -3.56. The highest BCUT2D eigenvalue weighted by Crippen LogP contribution is 2.45. The SMILES string of the molecule is COc1ccc(C(=O)C[C@]2(O)C(=O)N(Cc3cc(C)ccc3C)c3ccc(Br)cc32)cc1[N+](=O)[O-]. The van der Waals surface area contributed by atoms with Crippen LogP contribution in [0, 0.1) is 24.0 Å². The Labute approximate surface area is 210 Å². The van der Waals surface area contributed by atoms with E-state index in [1.165, 1.54) is 24.1 Å². The van der Waals surface area contributed by atoms with Crippen LogP contribution in [0.3, 0.4) is 0 Å². The second-order valence-electron chi connectivity index (χ2n) is 8.59. The summed E-state index contributed by atoms with van der Waals surface area (Å²) in [7, 11) is 1.29. The van der Waals surface area contributed by atoms with E-state index in [1.54, 1.807) is 18.2 Å². The van der Waals surface area contributed by atoms with E-state index in [1.807, 2.05) is 32.0 Å². The summed E-state index contributed by atoms with van der Waals surface area (Å²) in [5, 5.41) is 23.0. The molecule has 0 bridgehead atoms. The molecule has 0 fully saturated rings. The molecule has 0 radical (unpaired) electrons. The van der Waals surface area contributed by atoms with Gasteiger partial charge in [-0.15, -0.1) is 0 Å². The lowest BCUT2D eigenvalue weighted by molar-refractivity contribution is -0.385. The Kier molecular flexibility index (Phi) is 6.48. The minimum absolute atomic E-state index is 0.00301. The molecule has 1 aliphatic rings. The molecule has 0 unspecified atom stereocenters. The summed E-state index contributed by atoms with van der Waals surface area (Å²) in [6, 6.07) is 14.9. The van der Waals surface area contributed by atoms with Crippen LogP contribution in [-0.2, 0) is 16.9 Å². The number of nitro benzene ring substituents is 1. The van der Waals surface area contributed by atoms with Crippen LogP contribution in [0.1, 0.15) is 39.0 Å². The van der Waals surface area contributed by atoms with Gasteiger partial charge in [0.2, 0.25) is 0 Å². The first kappa shape index (κ1) is 24.6. The largest absolute Gasteiger partial charge is 0.490 e. The van der Waals surface area contributed by atoms with E-state index in [0.717, 1.165) is 22.8 Å². The number of methoxy groups -OCH3 is 1. The summed E-state index contributed by atoms with van der Waals surface area (Å²) >= 11 is 3.38. The molecule has 0 saturated carbocycles. The maximum absolute atomic E-state index is 13.6. The van der Waals surface area contributed by atoms with Gasteiger partial charge in [0.25, 0.3) is 5.91 Å². The summed E-state index contributed by atoms with van der Waals surface area (Å²) in [6.45, 7) is 4.14. The van der Waals surface area contributed by atoms with Crippen molar-refractivity contribution in [2.75, 3.05) is 12.0 Å². The maximum Gasteiger partial charge on any atom is 0.311 e. The third-order valence-corrected chi connectivity index (χ3v) is 6.73. The van der Waals surface area contributed by atoms with Gasteiger partial charge >= 0.3 is 5.69 Å². The molecule has 3 aromatic carbocycles. The fourth-order valence-corrected chi connectivity index (χ4v) is 4.69. The Morgan fingerprint density at radius 3 is 2.57 bits per heavy atom. The number of carbonyl (C=O) groups excluding carboxylic acids is 2. The van der Waals surface area contributed by atoms with Gasteiger partial charge in [-0.05, 0) is 55.3 Å². The molecule has 4 rings (SSSR count). The van der Waals surface area contributed by atoms with Gasteiger partial charge in [0.15, 0.2) is 17.1 Å². The number of rotatable bonds is 7. The zero-order valence-corrected chi connectivity index (χ0v) is 21.0. The molecule has 0 aliphatic carbocycles. The minimum atomic E-state index is -2.12. The molecule has 1 amide bonds. The van der Waals surface area contributed by atoms with E-state index in [0.29, 0.717) is 15.7 Å². The number of benzene rings is 3. The predicted octanol–water partition coefficient (Wildman–Crippen LogP) is 4.99. The van der Waals surface area contributed by atoms with Crippen molar-refractivity contribution >= 4 is 39.0 Å². The van der Waals surface area contributed by atoms with Crippen molar-refractivity contribution in [3.05, 3.63) is 97.0 Å². The van der Waals surface area contributed by atoms with E-state index in [-0.39, 0.29) is 23.5 Å². The fourth-order valence-electron chi connectivity index (χ4n) is 4.33. The number of hydrogen-bond donors (Lipinski definition) is 1. The van der Waals surface area contributed by atoms with Crippen molar-refractivity contribution in [3.63, 3.8) is 0 Å². The summed E-state index contributed by atoms with van der Waals surface area (Å²) in [6.07, 6.45) is -0.567. The van der Waals surface area contributed by atoms with E-state index in [4.69, 9.17) is 4.74 Å². The van der Waals surface area contributed by atoms with Crippen molar-refractivity contribution in [2.24, 2.45) is 0 Å². The van der Waals surface area contributed by atoms with Crippen LogP contribution < -0.4 is 9.64 Å². The molecule has 3 aromatic rings. The van der Waals surface area contributed by atoms with Gasteiger partial charge in [0, 0.05) is 21.7 Å². The van der Waals surface area contributed by atoms with Gasteiger partial charge in [-0.3, -0.25) is 19.7 Å². The van der Waals surface area contributed by atoms with Crippen LogP contribution in [0.15, 0.2) is 59.1 Å². The highest BCUT2D eigenvalue weighted by Gasteiger charge is 2.51. The van der Waals surface area contributed by atoms with E-state index in [2.05, 4.69) is 15.9 Å². The Morgan fingerprint density at radius 1 is 1.14 bits per heavy atom. The lowest BCUT2D eigenvalue weighted by Crippen LogP contribution is -2.41. The highest BCUT2D eigenvalue weighted by molar-refractivity contribution is 9.10. The number of nitro groups is 1. The number of carbonyl (C=O) groups is 2. The molecule has 9 heteroatoms. The second kappa shape index (κ2) is 9.24. The fraction of sp³-hybridized carbons (Fsp3) is 0.231. The predicted molar refractivity (Wildman–Crippen MR) is 134 cm³/mol. The lowest BCUT2D eigenvalue weighted by Gasteiger charge is -2.23. The molecule has 0 saturated heterocycles. The number of ketones is 1. The van der Waals surface area contributed by atoms with Gasteiger partial charge in [-0.2, -0.15) is 0 Å². The van der Waals surface area contributed by atoms with Crippen LogP contribution in [0.4, 0.5) is 11.4 Å². The second-order valence-corrected chi connectivity index (χ2v) is 9.50. The summed E-state index contributed by atoms with van der Waals surface area (Å²) < 4.78 is 5.63.